The molecule has 2 aromatic carbocycles. The lowest BCUT2D eigenvalue weighted by atomic mass is 10.2. The molecule has 100 valence electrons. The van der Waals surface area contributed by atoms with Crippen molar-refractivity contribution in [3.63, 3.8) is 0 Å². The molecule has 0 radical (unpaired) electrons. The molecule has 0 aromatic heterocycles. The number of alkyl halides is 2. The third-order valence-corrected chi connectivity index (χ3v) is 2.57. The summed E-state index contributed by atoms with van der Waals surface area (Å²) in [6.07, 6.45) is 0. The molecule has 2 aromatic rings. The Bertz CT molecular complexity index is 556. The lowest BCUT2D eigenvalue weighted by molar-refractivity contribution is -0.0498. The summed E-state index contributed by atoms with van der Waals surface area (Å²) >= 11 is 0. The predicted octanol–water partition coefficient (Wildman–Crippen LogP) is 3.92. The molecule has 0 unspecified atom stereocenters. The molecule has 0 aliphatic rings. The van der Waals surface area contributed by atoms with E-state index in [9.17, 15) is 8.78 Å². The number of aryl methyl sites for hydroxylation is 1. The van der Waals surface area contributed by atoms with E-state index in [-0.39, 0.29) is 5.75 Å². The van der Waals surface area contributed by atoms with Crippen LogP contribution in [0.15, 0.2) is 42.5 Å². The Morgan fingerprint density at radius 1 is 1.11 bits per heavy atom. The van der Waals surface area contributed by atoms with Gasteiger partial charge in [0, 0.05) is 5.69 Å². The molecule has 19 heavy (non-hydrogen) atoms. The van der Waals surface area contributed by atoms with Gasteiger partial charge in [0.25, 0.3) is 0 Å². The molecular weight excluding hydrogens is 250 g/mol. The van der Waals surface area contributed by atoms with Gasteiger partial charge in [-0.05, 0) is 48.9 Å². The quantitative estimate of drug-likeness (QED) is 0.823. The summed E-state index contributed by atoms with van der Waals surface area (Å²) in [4.78, 5) is 0. The Labute approximate surface area is 110 Å². The molecule has 0 saturated heterocycles. The number of nitrogens with two attached hydrogens (primary N) is 1. The molecule has 3 nitrogen and oxygen atoms in total. The molecule has 0 spiro atoms. The maximum atomic E-state index is 12.0. The summed E-state index contributed by atoms with van der Waals surface area (Å²) in [5.41, 5.74) is 9.10. The number of anilines is 3. The third kappa shape index (κ3) is 3.58. The Hall–Kier alpha value is -2.30. The van der Waals surface area contributed by atoms with Crippen LogP contribution >= 0.6 is 0 Å². The number of ether oxygens (including phenoxy) is 1. The van der Waals surface area contributed by atoms with Crippen LogP contribution in [0, 0.1) is 6.92 Å². The molecule has 0 aliphatic carbocycles. The van der Waals surface area contributed by atoms with Crippen molar-refractivity contribution in [1.82, 2.24) is 0 Å². The first-order valence-corrected chi connectivity index (χ1v) is 5.72. The van der Waals surface area contributed by atoms with Gasteiger partial charge in [0.15, 0.2) is 0 Å². The van der Waals surface area contributed by atoms with Crippen LogP contribution in [0.4, 0.5) is 25.8 Å². The minimum atomic E-state index is -2.81. The Balaban J connectivity index is 2.10. The van der Waals surface area contributed by atoms with Gasteiger partial charge in [-0.25, -0.2) is 0 Å². The Morgan fingerprint density at radius 2 is 1.79 bits per heavy atom. The van der Waals surface area contributed by atoms with Crippen molar-refractivity contribution in [1.29, 1.82) is 0 Å². The minimum absolute atomic E-state index is 0.123. The predicted molar refractivity (Wildman–Crippen MR) is 71.9 cm³/mol. The van der Waals surface area contributed by atoms with E-state index in [0.29, 0.717) is 5.69 Å². The summed E-state index contributed by atoms with van der Waals surface area (Å²) in [6, 6.07) is 11.9. The van der Waals surface area contributed by atoms with E-state index in [2.05, 4.69) is 10.1 Å². The smallest absolute Gasteiger partial charge is 0.387 e. The molecule has 0 atom stereocenters. The van der Waals surface area contributed by atoms with Crippen LogP contribution in [-0.2, 0) is 0 Å². The second kappa shape index (κ2) is 5.56. The molecule has 0 heterocycles. The molecule has 0 amide bonds. The first-order valence-electron chi connectivity index (χ1n) is 5.72. The van der Waals surface area contributed by atoms with E-state index in [1.54, 1.807) is 12.1 Å². The number of halogens is 2. The molecule has 0 aliphatic heterocycles. The average Bonchev–Trinajstić information content (AvgIpc) is 2.34. The number of hydrogen-bond donors (Lipinski definition) is 2. The summed E-state index contributed by atoms with van der Waals surface area (Å²) in [5, 5.41) is 3.11. The van der Waals surface area contributed by atoms with Gasteiger partial charge in [0.1, 0.15) is 5.75 Å². The standard InChI is InChI=1S/C14H14F2N2O/c1-9-2-7-13(12(17)8-9)18-10-3-5-11(6-4-10)19-14(15)16/h2-8,14,18H,17H2,1H3. The van der Waals surface area contributed by atoms with E-state index in [1.807, 2.05) is 25.1 Å². The highest BCUT2D eigenvalue weighted by Gasteiger charge is 2.04. The van der Waals surface area contributed by atoms with Crippen LogP contribution in [0.3, 0.4) is 0 Å². The highest BCUT2D eigenvalue weighted by molar-refractivity contribution is 5.73. The Morgan fingerprint density at radius 3 is 2.37 bits per heavy atom. The summed E-state index contributed by atoms with van der Waals surface area (Å²) in [6.45, 7) is -0.858. The van der Waals surface area contributed by atoms with Gasteiger partial charge >= 0.3 is 6.61 Å². The lowest BCUT2D eigenvalue weighted by Gasteiger charge is -2.11. The number of rotatable bonds is 4. The van der Waals surface area contributed by atoms with Gasteiger partial charge in [0.05, 0.1) is 11.4 Å². The number of benzene rings is 2. The highest BCUT2D eigenvalue weighted by Crippen LogP contribution is 2.25. The molecule has 0 fully saturated rings. The van der Waals surface area contributed by atoms with E-state index in [1.165, 1.54) is 12.1 Å². The van der Waals surface area contributed by atoms with Crippen LogP contribution in [-0.4, -0.2) is 6.61 Å². The number of hydrogen-bond acceptors (Lipinski definition) is 3. The zero-order valence-corrected chi connectivity index (χ0v) is 10.4. The second-order valence-corrected chi connectivity index (χ2v) is 4.12. The van der Waals surface area contributed by atoms with Crippen molar-refractivity contribution < 1.29 is 13.5 Å². The van der Waals surface area contributed by atoms with Crippen molar-refractivity contribution in [3.05, 3.63) is 48.0 Å². The second-order valence-electron chi connectivity index (χ2n) is 4.12. The van der Waals surface area contributed by atoms with Crippen molar-refractivity contribution in [2.24, 2.45) is 0 Å². The molecule has 0 bridgehead atoms. The summed E-state index contributed by atoms with van der Waals surface area (Å²) in [7, 11) is 0. The van der Waals surface area contributed by atoms with Crippen LogP contribution < -0.4 is 15.8 Å². The Kier molecular flexibility index (Phi) is 3.85. The first-order chi connectivity index (χ1) is 9.04. The summed E-state index contributed by atoms with van der Waals surface area (Å²) in [5.74, 6) is 0.123. The van der Waals surface area contributed by atoms with E-state index < -0.39 is 6.61 Å². The minimum Gasteiger partial charge on any atom is -0.435 e. The SMILES string of the molecule is Cc1ccc(Nc2ccc(OC(F)F)cc2)c(N)c1. The van der Waals surface area contributed by atoms with Crippen LogP contribution in [0.1, 0.15) is 5.56 Å². The first kappa shape index (κ1) is 13.1. The monoisotopic (exact) mass is 264 g/mol. The normalized spacial score (nSPS) is 10.5. The van der Waals surface area contributed by atoms with Gasteiger partial charge in [-0.3, -0.25) is 0 Å². The average molecular weight is 264 g/mol. The van der Waals surface area contributed by atoms with Crippen molar-refractivity contribution in [2.45, 2.75) is 13.5 Å². The van der Waals surface area contributed by atoms with Gasteiger partial charge in [-0.15, -0.1) is 0 Å². The van der Waals surface area contributed by atoms with Crippen LogP contribution in [0.25, 0.3) is 0 Å². The largest absolute Gasteiger partial charge is 0.435 e. The molecule has 3 N–H and O–H groups in total. The summed E-state index contributed by atoms with van der Waals surface area (Å²) < 4.78 is 28.3. The molecular formula is C14H14F2N2O. The zero-order chi connectivity index (χ0) is 13.8. The highest BCUT2D eigenvalue weighted by atomic mass is 19.3. The molecule has 0 saturated carbocycles. The van der Waals surface area contributed by atoms with Gasteiger partial charge in [-0.2, -0.15) is 8.78 Å². The third-order valence-electron chi connectivity index (χ3n) is 2.57. The van der Waals surface area contributed by atoms with Crippen LogP contribution in [0.2, 0.25) is 0 Å². The topological polar surface area (TPSA) is 47.3 Å². The van der Waals surface area contributed by atoms with Crippen molar-refractivity contribution in [3.8, 4) is 5.75 Å². The van der Waals surface area contributed by atoms with E-state index >= 15 is 0 Å². The van der Waals surface area contributed by atoms with E-state index in [4.69, 9.17) is 5.73 Å². The maximum Gasteiger partial charge on any atom is 0.387 e. The molecule has 5 heteroatoms. The van der Waals surface area contributed by atoms with E-state index in [0.717, 1.165) is 16.9 Å². The fourth-order valence-corrected chi connectivity index (χ4v) is 1.67. The lowest BCUT2D eigenvalue weighted by Crippen LogP contribution is -2.02. The van der Waals surface area contributed by atoms with Gasteiger partial charge in [0.2, 0.25) is 0 Å². The van der Waals surface area contributed by atoms with Crippen LogP contribution in [0.5, 0.6) is 5.75 Å². The van der Waals surface area contributed by atoms with Crippen molar-refractivity contribution >= 4 is 17.1 Å². The maximum absolute atomic E-state index is 12.0. The van der Waals surface area contributed by atoms with Crippen molar-refractivity contribution in [2.75, 3.05) is 11.1 Å². The van der Waals surface area contributed by atoms with Gasteiger partial charge in [-0.1, -0.05) is 6.07 Å². The number of nitrogen functional groups attached to an aromatic ring is 1. The fraction of sp³-hybridized carbons (Fsp3) is 0.143. The van der Waals surface area contributed by atoms with Gasteiger partial charge < -0.3 is 15.8 Å². The zero-order valence-electron chi connectivity index (χ0n) is 10.4. The fourth-order valence-electron chi connectivity index (χ4n) is 1.67. The molecule has 2 rings (SSSR count). The number of nitrogens with one attached hydrogen (secondary N) is 1.